The number of aromatic nitrogens is 4. The third-order valence-corrected chi connectivity index (χ3v) is 10.5. The molecule has 228 valence electrons. The Kier molecular flexibility index (Phi) is 6.32. The summed E-state index contributed by atoms with van der Waals surface area (Å²) < 4.78 is 2.52. The molecular formula is C44H26N4S. The van der Waals surface area contributed by atoms with Gasteiger partial charge in [-0.05, 0) is 81.2 Å². The lowest BCUT2D eigenvalue weighted by molar-refractivity contribution is 1.08. The average molecular weight is 643 g/mol. The van der Waals surface area contributed by atoms with E-state index in [2.05, 4.69) is 151 Å². The van der Waals surface area contributed by atoms with Gasteiger partial charge in [0.25, 0.3) is 0 Å². The molecule has 49 heavy (non-hydrogen) atoms. The Morgan fingerprint density at radius 1 is 0.367 bits per heavy atom. The van der Waals surface area contributed by atoms with Crippen LogP contribution < -0.4 is 0 Å². The molecule has 0 spiro atoms. The Labute approximate surface area is 286 Å². The van der Waals surface area contributed by atoms with E-state index >= 15 is 0 Å². The summed E-state index contributed by atoms with van der Waals surface area (Å²) in [6.07, 6.45) is 1.84. The van der Waals surface area contributed by atoms with Crippen LogP contribution >= 0.6 is 11.3 Å². The van der Waals surface area contributed by atoms with Gasteiger partial charge in [-0.2, -0.15) is 0 Å². The molecule has 0 N–H and O–H groups in total. The monoisotopic (exact) mass is 642 g/mol. The van der Waals surface area contributed by atoms with E-state index in [1.54, 1.807) is 0 Å². The second-order valence-corrected chi connectivity index (χ2v) is 13.4. The van der Waals surface area contributed by atoms with Crippen LogP contribution in [0.25, 0.3) is 97.9 Å². The summed E-state index contributed by atoms with van der Waals surface area (Å²) in [4.78, 5) is 20.1. The molecule has 3 heterocycles. The number of rotatable bonds is 4. The molecule has 0 aliphatic carbocycles. The molecule has 5 heteroatoms. The third kappa shape index (κ3) is 4.83. The van der Waals surface area contributed by atoms with Crippen LogP contribution in [0.1, 0.15) is 0 Å². The first-order valence-electron chi connectivity index (χ1n) is 16.3. The van der Waals surface area contributed by atoms with Crippen molar-refractivity contribution in [2.45, 2.75) is 0 Å². The van der Waals surface area contributed by atoms with Gasteiger partial charge in [0.2, 0.25) is 0 Å². The number of hydrogen-bond acceptors (Lipinski definition) is 5. The molecule has 0 aliphatic rings. The predicted octanol–water partition coefficient (Wildman–Crippen LogP) is 11.8. The lowest BCUT2D eigenvalue weighted by Gasteiger charge is -2.12. The van der Waals surface area contributed by atoms with Gasteiger partial charge in [-0.15, -0.1) is 11.3 Å². The van der Waals surface area contributed by atoms with E-state index < -0.39 is 0 Å². The maximum absolute atomic E-state index is 5.20. The van der Waals surface area contributed by atoms with Crippen molar-refractivity contribution in [3.63, 3.8) is 0 Å². The van der Waals surface area contributed by atoms with Crippen LogP contribution in [0.4, 0.5) is 0 Å². The zero-order valence-electron chi connectivity index (χ0n) is 26.2. The van der Waals surface area contributed by atoms with Crippen LogP contribution in [0.3, 0.4) is 0 Å². The van der Waals surface area contributed by atoms with Gasteiger partial charge in [-0.3, -0.25) is 4.98 Å². The standard InChI is InChI=1S/C44H26N4S/c1-2-8-30-23-33(19-14-27(30)7-1)42-46-43(34-20-21-41-38(25-34)35-11-3-4-13-40(35)49-41)48-44(47-42)36-12-5-9-28-15-17-31(24-37(28)36)32-18-16-29-10-6-22-45-39(29)26-32/h1-26H. The number of nitrogens with zero attached hydrogens (tertiary/aromatic N) is 4. The van der Waals surface area contributed by atoms with Gasteiger partial charge in [0, 0.05) is 48.4 Å². The van der Waals surface area contributed by atoms with Crippen molar-refractivity contribution in [1.82, 2.24) is 19.9 Å². The highest BCUT2D eigenvalue weighted by Gasteiger charge is 2.16. The Bertz CT molecular complexity index is 2910. The molecule has 4 nitrogen and oxygen atoms in total. The minimum Gasteiger partial charge on any atom is -0.256 e. The van der Waals surface area contributed by atoms with E-state index in [0.29, 0.717) is 17.5 Å². The molecule has 0 fully saturated rings. The summed E-state index contributed by atoms with van der Waals surface area (Å²) >= 11 is 1.81. The lowest BCUT2D eigenvalue weighted by Crippen LogP contribution is -2.00. The SMILES string of the molecule is c1ccc2cc(-c3nc(-c4ccc5sc6ccccc6c5c4)nc(-c4cccc5ccc(-c6ccc7cccnc7c6)cc45)n3)ccc2c1. The molecule has 0 atom stereocenters. The van der Waals surface area contributed by atoms with E-state index in [4.69, 9.17) is 15.0 Å². The van der Waals surface area contributed by atoms with Crippen LogP contribution in [0.5, 0.6) is 0 Å². The number of hydrogen-bond donors (Lipinski definition) is 0. The molecule has 0 saturated heterocycles. The van der Waals surface area contributed by atoms with E-state index in [1.807, 2.05) is 23.6 Å². The van der Waals surface area contributed by atoms with Crippen LogP contribution in [-0.4, -0.2) is 19.9 Å². The van der Waals surface area contributed by atoms with Gasteiger partial charge < -0.3 is 0 Å². The van der Waals surface area contributed by atoms with Gasteiger partial charge in [0.05, 0.1) is 5.52 Å². The van der Waals surface area contributed by atoms with Gasteiger partial charge >= 0.3 is 0 Å². The number of fused-ring (bicyclic) bond motifs is 6. The van der Waals surface area contributed by atoms with Crippen LogP contribution in [0.15, 0.2) is 158 Å². The van der Waals surface area contributed by atoms with Crippen molar-refractivity contribution < 1.29 is 0 Å². The van der Waals surface area contributed by atoms with E-state index in [1.165, 1.54) is 25.6 Å². The van der Waals surface area contributed by atoms with Crippen LogP contribution in [0.2, 0.25) is 0 Å². The molecule has 0 saturated carbocycles. The fraction of sp³-hybridized carbons (Fsp3) is 0. The highest BCUT2D eigenvalue weighted by molar-refractivity contribution is 7.25. The molecule has 3 aromatic heterocycles. The molecule has 0 amide bonds. The smallest absolute Gasteiger partial charge is 0.164 e. The van der Waals surface area contributed by atoms with Crippen molar-refractivity contribution in [2.75, 3.05) is 0 Å². The summed E-state index contributed by atoms with van der Waals surface area (Å²) in [6.45, 7) is 0. The number of pyridine rings is 1. The van der Waals surface area contributed by atoms with Crippen molar-refractivity contribution in [3.05, 3.63) is 158 Å². The summed E-state index contributed by atoms with van der Waals surface area (Å²) in [6, 6.07) is 53.4. The lowest BCUT2D eigenvalue weighted by atomic mass is 9.97. The molecule has 0 radical (unpaired) electrons. The molecular weight excluding hydrogens is 617 g/mol. The third-order valence-electron chi connectivity index (χ3n) is 9.34. The van der Waals surface area contributed by atoms with Crippen LogP contribution in [-0.2, 0) is 0 Å². The fourth-order valence-corrected chi connectivity index (χ4v) is 7.93. The van der Waals surface area contributed by atoms with Gasteiger partial charge in [0.15, 0.2) is 17.5 Å². The first-order valence-corrected chi connectivity index (χ1v) is 17.1. The van der Waals surface area contributed by atoms with Crippen molar-refractivity contribution in [3.8, 4) is 45.3 Å². The Morgan fingerprint density at radius 3 is 1.92 bits per heavy atom. The second-order valence-electron chi connectivity index (χ2n) is 12.3. The molecule has 0 aliphatic heterocycles. The van der Waals surface area contributed by atoms with Gasteiger partial charge in [-0.25, -0.2) is 15.0 Å². The zero-order chi connectivity index (χ0) is 32.3. The molecule has 10 rings (SSSR count). The molecule has 0 unspecified atom stereocenters. The van der Waals surface area contributed by atoms with Crippen molar-refractivity contribution in [2.24, 2.45) is 0 Å². The van der Waals surface area contributed by atoms with Gasteiger partial charge in [-0.1, -0.05) is 103 Å². The van der Waals surface area contributed by atoms with Crippen LogP contribution in [0, 0.1) is 0 Å². The topological polar surface area (TPSA) is 51.6 Å². The highest BCUT2D eigenvalue weighted by Crippen LogP contribution is 2.37. The first-order chi connectivity index (χ1) is 24.2. The number of benzene rings is 7. The maximum Gasteiger partial charge on any atom is 0.164 e. The van der Waals surface area contributed by atoms with Gasteiger partial charge in [0.1, 0.15) is 0 Å². The molecule has 10 aromatic rings. The summed E-state index contributed by atoms with van der Waals surface area (Å²) in [5.41, 5.74) is 6.09. The minimum absolute atomic E-state index is 0.645. The van der Waals surface area contributed by atoms with E-state index in [0.717, 1.165) is 54.9 Å². The quantitative estimate of drug-likeness (QED) is 0.192. The van der Waals surface area contributed by atoms with Crippen molar-refractivity contribution in [1.29, 1.82) is 0 Å². The molecule has 7 aromatic carbocycles. The van der Waals surface area contributed by atoms with E-state index in [-0.39, 0.29) is 0 Å². The van der Waals surface area contributed by atoms with Crippen molar-refractivity contribution >= 4 is 64.0 Å². The fourth-order valence-electron chi connectivity index (χ4n) is 6.84. The highest BCUT2D eigenvalue weighted by atomic mass is 32.1. The molecule has 0 bridgehead atoms. The summed E-state index contributed by atoms with van der Waals surface area (Å²) in [5.74, 6) is 1.94. The number of thiophene rings is 1. The normalized spacial score (nSPS) is 11.7. The first kappa shape index (κ1) is 27.8. The Hall–Kier alpha value is -6.30. The van der Waals surface area contributed by atoms with E-state index in [9.17, 15) is 0 Å². The average Bonchev–Trinajstić information content (AvgIpc) is 3.55. The largest absolute Gasteiger partial charge is 0.256 e. The maximum atomic E-state index is 5.20. The zero-order valence-corrected chi connectivity index (χ0v) is 27.0. The Balaban J connectivity index is 1.18. The summed E-state index contributed by atoms with van der Waals surface area (Å²) in [7, 11) is 0. The Morgan fingerprint density at radius 2 is 1.00 bits per heavy atom. The minimum atomic E-state index is 0.645. The second kappa shape index (κ2) is 11.2. The summed E-state index contributed by atoms with van der Waals surface area (Å²) in [5, 5.41) is 8.13. The predicted molar refractivity (Wildman–Crippen MR) is 205 cm³/mol.